The maximum absolute atomic E-state index is 6.01. The van der Waals surface area contributed by atoms with Gasteiger partial charge in [-0.3, -0.25) is 4.90 Å². The highest BCUT2D eigenvalue weighted by Gasteiger charge is 2.23. The van der Waals surface area contributed by atoms with Crippen molar-refractivity contribution in [3.8, 4) is 0 Å². The molecule has 0 fully saturated rings. The van der Waals surface area contributed by atoms with Crippen molar-refractivity contribution in [2.45, 2.75) is 32.7 Å². The van der Waals surface area contributed by atoms with Gasteiger partial charge in [0.2, 0.25) is 0 Å². The highest BCUT2D eigenvalue weighted by molar-refractivity contribution is 5.20. The van der Waals surface area contributed by atoms with Crippen LogP contribution in [0.2, 0.25) is 0 Å². The summed E-state index contributed by atoms with van der Waals surface area (Å²) in [6.07, 6.45) is 0. The fourth-order valence-electron chi connectivity index (χ4n) is 2.53. The molecule has 1 aromatic carbocycles. The van der Waals surface area contributed by atoms with Gasteiger partial charge in [0.15, 0.2) is 0 Å². The zero-order valence-corrected chi connectivity index (χ0v) is 12.5. The van der Waals surface area contributed by atoms with Gasteiger partial charge >= 0.3 is 0 Å². The summed E-state index contributed by atoms with van der Waals surface area (Å²) in [4.78, 5) is 2.42. The Kier molecular flexibility index (Phi) is 7.72. The molecule has 1 aromatic rings. The van der Waals surface area contributed by atoms with Crippen LogP contribution in [0.1, 0.15) is 32.3 Å². The van der Waals surface area contributed by atoms with Gasteiger partial charge in [-0.1, -0.05) is 44.2 Å². The molecular weight excluding hydrogens is 236 g/mol. The molecule has 2 N–H and O–H groups in total. The first-order valence-electron chi connectivity index (χ1n) is 7.31. The van der Waals surface area contributed by atoms with E-state index in [0.717, 1.165) is 26.3 Å². The minimum Gasteiger partial charge on any atom is -0.380 e. The Morgan fingerprint density at radius 2 is 1.89 bits per heavy atom. The minimum atomic E-state index is 0.368. The van der Waals surface area contributed by atoms with Crippen LogP contribution in [0.15, 0.2) is 30.3 Å². The lowest BCUT2D eigenvalue weighted by Gasteiger charge is -2.34. The van der Waals surface area contributed by atoms with Crippen LogP contribution < -0.4 is 5.73 Å². The summed E-state index contributed by atoms with van der Waals surface area (Å²) >= 11 is 0. The number of ether oxygens (including phenoxy) is 1. The van der Waals surface area contributed by atoms with Crippen LogP contribution in [0.5, 0.6) is 0 Å². The van der Waals surface area contributed by atoms with E-state index in [1.807, 2.05) is 6.92 Å². The summed E-state index contributed by atoms with van der Waals surface area (Å²) in [5.74, 6) is 0.438. The standard InChI is InChI=1S/C16H28N2O/c1-4-18(11-12-19-5-2)16(13-17)14(3)15-9-7-6-8-10-15/h6-10,14,16H,4-5,11-13,17H2,1-3H3. The quantitative estimate of drug-likeness (QED) is 0.696. The van der Waals surface area contributed by atoms with Crippen LogP contribution >= 0.6 is 0 Å². The lowest BCUT2D eigenvalue weighted by molar-refractivity contribution is 0.0925. The SMILES string of the molecule is CCOCCN(CC)C(CN)C(C)c1ccccc1. The first-order chi connectivity index (χ1) is 9.24. The molecule has 3 heteroatoms. The molecule has 19 heavy (non-hydrogen) atoms. The Balaban J connectivity index is 2.68. The molecule has 0 heterocycles. The fraction of sp³-hybridized carbons (Fsp3) is 0.625. The van der Waals surface area contributed by atoms with Crippen molar-refractivity contribution >= 4 is 0 Å². The molecule has 0 aliphatic rings. The van der Waals surface area contributed by atoms with E-state index in [2.05, 4.69) is 49.1 Å². The highest BCUT2D eigenvalue weighted by Crippen LogP contribution is 2.22. The molecular formula is C16H28N2O. The van der Waals surface area contributed by atoms with Gasteiger partial charge in [-0.15, -0.1) is 0 Å². The first kappa shape index (κ1) is 16.2. The lowest BCUT2D eigenvalue weighted by Crippen LogP contribution is -2.45. The van der Waals surface area contributed by atoms with E-state index >= 15 is 0 Å². The second-order valence-electron chi connectivity index (χ2n) is 4.83. The Labute approximate surface area is 117 Å². The third-order valence-electron chi connectivity index (χ3n) is 3.75. The van der Waals surface area contributed by atoms with E-state index in [0.29, 0.717) is 18.5 Å². The summed E-state index contributed by atoms with van der Waals surface area (Å²) in [5, 5.41) is 0. The van der Waals surface area contributed by atoms with Gasteiger partial charge in [0.25, 0.3) is 0 Å². The molecule has 0 aromatic heterocycles. The predicted molar refractivity (Wildman–Crippen MR) is 81.4 cm³/mol. The third kappa shape index (κ3) is 4.94. The normalized spacial score (nSPS) is 14.6. The fourth-order valence-corrected chi connectivity index (χ4v) is 2.53. The first-order valence-corrected chi connectivity index (χ1v) is 7.31. The van der Waals surface area contributed by atoms with Crippen molar-refractivity contribution in [2.24, 2.45) is 5.73 Å². The molecule has 0 bridgehead atoms. The van der Waals surface area contributed by atoms with Crippen molar-refractivity contribution in [3.05, 3.63) is 35.9 Å². The zero-order valence-electron chi connectivity index (χ0n) is 12.5. The number of hydrogen-bond donors (Lipinski definition) is 1. The van der Waals surface area contributed by atoms with Gasteiger partial charge in [0, 0.05) is 25.7 Å². The van der Waals surface area contributed by atoms with Crippen molar-refractivity contribution < 1.29 is 4.74 Å². The molecule has 0 radical (unpaired) electrons. The van der Waals surface area contributed by atoms with Crippen LogP contribution in [0, 0.1) is 0 Å². The Hall–Kier alpha value is -0.900. The summed E-state index contributed by atoms with van der Waals surface area (Å²) in [7, 11) is 0. The molecule has 0 spiro atoms. The number of hydrogen-bond acceptors (Lipinski definition) is 3. The van der Waals surface area contributed by atoms with Crippen LogP contribution in [0.25, 0.3) is 0 Å². The van der Waals surface area contributed by atoms with Crippen LogP contribution in [0.4, 0.5) is 0 Å². The van der Waals surface area contributed by atoms with Crippen molar-refractivity contribution in [1.29, 1.82) is 0 Å². The van der Waals surface area contributed by atoms with Gasteiger partial charge in [-0.25, -0.2) is 0 Å². The number of nitrogens with two attached hydrogens (primary N) is 1. The van der Waals surface area contributed by atoms with Gasteiger partial charge in [-0.05, 0) is 24.9 Å². The van der Waals surface area contributed by atoms with E-state index in [-0.39, 0.29) is 0 Å². The second kappa shape index (κ2) is 9.08. The van der Waals surface area contributed by atoms with Crippen molar-refractivity contribution in [3.63, 3.8) is 0 Å². The topological polar surface area (TPSA) is 38.5 Å². The third-order valence-corrected chi connectivity index (χ3v) is 3.75. The second-order valence-corrected chi connectivity index (χ2v) is 4.83. The molecule has 2 atom stereocenters. The number of rotatable bonds is 9. The van der Waals surface area contributed by atoms with Gasteiger partial charge < -0.3 is 10.5 Å². The van der Waals surface area contributed by atoms with E-state index in [1.54, 1.807) is 0 Å². The molecule has 0 aliphatic heterocycles. The minimum absolute atomic E-state index is 0.368. The van der Waals surface area contributed by atoms with E-state index in [9.17, 15) is 0 Å². The van der Waals surface area contributed by atoms with Crippen LogP contribution in [-0.4, -0.2) is 43.8 Å². The molecule has 0 saturated carbocycles. The predicted octanol–water partition coefficient (Wildman–Crippen LogP) is 2.48. The Morgan fingerprint density at radius 3 is 2.42 bits per heavy atom. The summed E-state index contributed by atoms with van der Waals surface area (Å²) in [6, 6.07) is 11.0. The van der Waals surface area contributed by atoms with Crippen LogP contribution in [-0.2, 0) is 4.74 Å². The molecule has 1 rings (SSSR count). The maximum Gasteiger partial charge on any atom is 0.0593 e. The zero-order chi connectivity index (χ0) is 14.1. The molecule has 0 aliphatic carbocycles. The van der Waals surface area contributed by atoms with E-state index in [1.165, 1.54) is 5.56 Å². The summed E-state index contributed by atoms with van der Waals surface area (Å²) in [6.45, 7) is 10.7. The molecule has 3 nitrogen and oxygen atoms in total. The molecule has 2 unspecified atom stereocenters. The molecule has 0 amide bonds. The molecule has 0 saturated heterocycles. The number of nitrogens with zero attached hydrogens (tertiary/aromatic N) is 1. The largest absolute Gasteiger partial charge is 0.380 e. The van der Waals surface area contributed by atoms with E-state index in [4.69, 9.17) is 10.5 Å². The number of likely N-dealkylation sites (N-methyl/N-ethyl adjacent to an activating group) is 1. The Morgan fingerprint density at radius 1 is 1.21 bits per heavy atom. The van der Waals surface area contributed by atoms with Gasteiger partial charge in [0.1, 0.15) is 0 Å². The van der Waals surface area contributed by atoms with Crippen LogP contribution in [0.3, 0.4) is 0 Å². The monoisotopic (exact) mass is 264 g/mol. The number of benzene rings is 1. The average molecular weight is 264 g/mol. The van der Waals surface area contributed by atoms with E-state index < -0.39 is 0 Å². The lowest BCUT2D eigenvalue weighted by atomic mass is 9.92. The van der Waals surface area contributed by atoms with Gasteiger partial charge in [-0.2, -0.15) is 0 Å². The smallest absolute Gasteiger partial charge is 0.0593 e. The van der Waals surface area contributed by atoms with Crippen molar-refractivity contribution in [2.75, 3.05) is 32.8 Å². The summed E-state index contributed by atoms with van der Waals surface area (Å²) in [5.41, 5.74) is 7.36. The summed E-state index contributed by atoms with van der Waals surface area (Å²) < 4.78 is 5.46. The Bertz CT molecular complexity index is 329. The highest BCUT2D eigenvalue weighted by atomic mass is 16.5. The van der Waals surface area contributed by atoms with Crippen molar-refractivity contribution in [1.82, 2.24) is 4.90 Å². The maximum atomic E-state index is 6.01. The molecule has 108 valence electrons. The average Bonchev–Trinajstić information content (AvgIpc) is 2.47. The van der Waals surface area contributed by atoms with Gasteiger partial charge in [0.05, 0.1) is 6.61 Å².